The number of halogens is 1. The normalized spacial score (nSPS) is 11.9. The third kappa shape index (κ3) is 2.63. The second-order valence-corrected chi connectivity index (χ2v) is 4.59. The van der Waals surface area contributed by atoms with Gasteiger partial charge >= 0.3 is 0 Å². The molecule has 16 heavy (non-hydrogen) atoms. The highest BCUT2D eigenvalue weighted by molar-refractivity contribution is 9.10. The van der Waals surface area contributed by atoms with Crippen LogP contribution in [0.1, 0.15) is 30.5 Å². The van der Waals surface area contributed by atoms with E-state index in [-0.39, 0.29) is 17.4 Å². The summed E-state index contributed by atoms with van der Waals surface area (Å²) in [6.45, 7) is 5.65. The Labute approximate surface area is 103 Å². The summed E-state index contributed by atoms with van der Waals surface area (Å²) in [7, 11) is 0. The Bertz CT molecular complexity index is 463. The second-order valence-electron chi connectivity index (χ2n) is 3.74. The number of phenols is 1. The van der Waals surface area contributed by atoms with Crippen LogP contribution in [0.4, 0.5) is 0 Å². The van der Waals surface area contributed by atoms with Gasteiger partial charge in [0.05, 0.1) is 5.56 Å². The first-order chi connectivity index (χ1) is 7.47. The van der Waals surface area contributed by atoms with Crippen LogP contribution in [0.5, 0.6) is 5.75 Å². The molecule has 0 saturated heterocycles. The van der Waals surface area contributed by atoms with Crippen LogP contribution in [0.15, 0.2) is 28.8 Å². The van der Waals surface area contributed by atoms with Crippen LogP contribution in [0.25, 0.3) is 0 Å². The van der Waals surface area contributed by atoms with Crippen molar-refractivity contribution in [2.75, 3.05) is 0 Å². The zero-order valence-corrected chi connectivity index (χ0v) is 10.6. The van der Waals surface area contributed by atoms with Crippen molar-refractivity contribution in [3.63, 3.8) is 0 Å². The molecule has 0 aliphatic heterocycles. The third-order valence-corrected chi connectivity index (χ3v) is 2.91. The number of hydrogen-bond acceptors (Lipinski definition) is 3. The molecule has 3 N–H and O–H groups in total. The van der Waals surface area contributed by atoms with Crippen molar-refractivity contribution in [3.8, 4) is 11.8 Å². The van der Waals surface area contributed by atoms with Crippen molar-refractivity contribution in [2.45, 2.75) is 19.4 Å². The summed E-state index contributed by atoms with van der Waals surface area (Å²) in [5.41, 5.74) is 7.68. The molecule has 3 nitrogen and oxygen atoms in total. The molecular formula is C12H13BrN2O. The molecule has 0 aliphatic carbocycles. The molecule has 1 rings (SSSR count). The van der Waals surface area contributed by atoms with E-state index >= 15 is 0 Å². The third-order valence-electron chi connectivity index (χ3n) is 2.22. The summed E-state index contributed by atoms with van der Waals surface area (Å²) < 4.78 is 0.706. The lowest BCUT2D eigenvalue weighted by molar-refractivity contribution is 0.458. The van der Waals surface area contributed by atoms with Crippen LogP contribution >= 0.6 is 15.9 Å². The fourth-order valence-electron chi connectivity index (χ4n) is 1.50. The number of rotatable bonds is 3. The molecule has 84 valence electrons. The SMILES string of the molecule is C=C(C)C[C@@H](N)c1c(Br)ccc(C#N)c1O. The Kier molecular flexibility index (Phi) is 4.11. The van der Waals surface area contributed by atoms with Crippen molar-refractivity contribution in [2.24, 2.45) is 5.73 Å². The van der Waals surface area contributed by atoms with Gasteiger partial charge in [0.2, 0.25) is 0 Å². The van der Waals surface area contributed by atoms with Crippen molar-refractivity contribution in [3.05, 3.63) is 39.9 Å². The summed E-state index contributed by atoms with van der Waals surface area (Å²) in [4.78, 5) is 0. The summed E-state index contributed by atoms with van der Waals surface area (Å²) >= 11 is 3.32. The largest absolute Gasteiger partial charge is 0.506 e. The molecule has 1 atom stereocenters. The number of nitriles is 1. The van der Waals surface area contributed by atoms with E-state index in [9.17, 15) is 5.11 Å². The quantitative estimate of drug-likeness (QED) is 0.837. The predicted molar refractivity (Wildman–Crippen MR) is 66.9 cm³/mol. The molecule has 0 fully saturated rings. The van der Waals surface area contributed by atoms with Crippen LogP contribution in [0, 0.1) is 11.3 Å². The first kappa shape index (κ1) is 12.8. The molecule has 0 heterocycles. The Balaban J connectivity index is 3.22. The number of nitrogens with two attached hydrogens (primary N) is 1. The molecular weight excluding hydrogens is 268 g/mol. The van der Waals surface area contributed by atoms with Gasteiger partial charge in [-0.3, -0.25) is 0 Å². The summed E-state index contributed by atoms with van der Waals surface area (Å²) in [5.74, 6) is -0.0503. The maximum Gasteiger partial charge on any atom is 0.139 e. The standard InChI is InChI=1S/C12H13BrN2O/c1-7(2)5-10(15)11-9(13)4-3-8(6-14)12(11)16/h3-4,10,16H,1,5,15H2,2H3/t10-/m1/s1. The van der Waals surface area contributed by atoms with Gasteiger partial charge in [-0.15, -0.1) is 6.58 Å². The topological polar surface area (TPSA) is 70.0 Å². The van der Waals surface area contributed by atoms with Gasteiger partial charge in [-0.25, -0.2) is 0 Å². The Hall–Kier alpha value is -1.31. The zero-order valence-electron chi connectivity index (χ0n) is 9.00. The van der Waals surface area contributed by atoms with E-state index in [0.29, 0.717) is 16.5 Å². The Morgan fingerprint density at radius 2 is 2.31 bits per heavy atom. The van der Waals surface area contributed by atoms with E-state index in [4.69, 9.17) is 11.0 Å². The van der Waals surface area contributed by atoms with Crippen LogP contribution < -0.4 is 5.73 Å². The lowest BCUT2D eigenvalue weighted by Gasteiger charge is -2.16. The minimum absolute atomic E-state index is 0.0503. The molecule has 0 unspecified atom stereocenters. The lowest BCUT2D eigenvalue weighted by Crippen LogP contribution is -2.12. The van der Waals surface area contributed by atoms with Crippen LogP contribution in [-0.4, -0.2) is 5.11 Å². The molecule has 0 bridgehead atoms. The zero-order chi connectivity index (χ0) is 12.3. The average Bonchev–Trinajstić information content (AvgIpc) is 2.16. The van der Waals surface area contributed by atoms with Crippen LogP contribution in [0.3, 0.4) is 0 Å². The van der Waals surface area contributed by atoms with E-state index in [1.807, 2.05) is 13.0 Å². The smallest absolute Gasteiger partial charge is 0.139 e. The van der Waals surface area contributed by atoms with E-state index in [1.165, 1.54) is 0 Å². The van der Waals surface area contributed by atoms with Gasteiger partial charge in [0, 0.05) is 16.1 Å². The highest BCUT2D eigenvalue weighted by Crippen LogP contribution is 2.35. The minimum atomic E-state index is -0.361. The number of aromatic hydroxyl groups is 1. The summed E-state index contributed by atoms with van der Waals surface area (Å²) in [6, 6.07) is 4.83. The van der Waals surface area contributed by atoms with E-state index in [2.05, 4.69) is 22.5 Å². The van der Waals surface area contributed by atoms with Crippen molar-refractivity contribution in [1.82, 2.24) is 0 Å². The van der Waals surface area contributed by atoms with E-state index in [1.54, 1.807) is 12.1 Å². The average molecular weight is 281 g/mol. The van der Waals surface area contributed by atoms with Gasteiger partial charge in [-0.2, -0.15) is 5.26 Å². The molecule has 0 aliphatic rings. The molecule has 0 spiro atoms. The molecule has 0 saturated carbocycles. The van der Waals surface area contributed by atoms with Crippen LogP contribution in [-0.2, 0) is 0 Å². The molecule has 4 heteroatoms. The number of hydrogen-bond donors (Lipinski definition) is 2. The van der Waals surface area contributed by atoms with Gasteiger partial charge in [-0.05, 0) is 25.5 Å². The van der Waals surface area contributed by atoms with Gasteiger partial charge in [0.15, 0.2) is 0 Å². The molecule has 0 radical (unpaired) electrons. The Morgan fingerprint density at radius 3 is 2.81 bits per heavy atom. The Morgan fingerprint density at radius 1 is 1.69 bits per heavy atom. The first-order valence-corrected chi connectivity index (χ1v) is 5.58. The van der Waals surface area contributed by atoms with Gasteiger partial charge in [-0.1, -0.05) is 21.5 Å². The van der Waals surface area contributed by atoms with Crippen molar-refractivity contribution < 1.29 is 5.11 Å². The molecule has 0 amide bonds. The summed E-state index contributed by atoms with van der Waals surface area (Å²) in [6.07, 6.45) is 0.570. The van der Waals surface area contributed by atoms with Crippen molar-refractivity contribution >= 4 is 15.9 Å². The number of nitrogens with zero attached hydrogens (tertiary/aromatic N) is 1. The highest BCUT2D eigenvalue weighted by atomic mass is 79.9. The number of benzene rings is 1. The molecule has 0 aromatic heterocycles. The fourth-order valence-corrected chi connectivity index (χ4v) is 2.12. The van der Waals surface area contributed by atoms with Gasteiger partial charge in [0.1, 0.15) is 11.8 Å². The monoisotopic (exact) mass is 280 g/mol. The maximum absolute atomic E-state index is 9.89. The maximum atomic E-state index is 9.89. The lowest BCUT2D eigenvalue weighted by atomic mass is 9.98. The van der Waals surface area contributed by atoms with E-state index in [0.717, 1.165) is 5.57 Å². The highest BCUT2D eigenvalue weighted by Gasteiger charge is 2.17. The first-order valence-electron chi connectivity index (χ1n) is 4.78. The predicted octanol–water partition coefficient (Wildman–Crippen LogP) is 2.99. The summed E-state index contributed by atoms with van der Waals surface area (Å²) in [5, 5.41) is 18.7. The van der Waals surface area contributed by atoms with Crippen LogP contribution in [0.2, 0.25) is 0 Å². The second kappa shape index (κ2) is 5.15. The molecule has 1 aromatic rings. The number of phenolic OH excluding ortho intramolecular Hbond substituents is 1. The minimum Gasteiger partial charge on any atom is -0.506 e. The fraction of sp³-hybridized carbons (Fsp3) is 0.250. The van der Waals surface area contributed by atoms with E-state index < -0.39 is 0 Å². The van der Waals surface area contributed by atoms with Crippen molar-refractivity contribution in [1.29, 1.82) is 5.26 Å². The van der Waals surface area contributed by atoms with Gasteiger partial charge < -0.3 is 10.8 Å². The molecule has 1 aromatic carbocycles. The van der Waals surface area contributed by atoms with Gasteiger partial charge in [0.25, 0.3) is 0 Å².